The van der Waals surface area contributed by atoms with E-state index in [1.807, 2.05) is 6.92 Å². The number of nitrogens with zero attached hydrogens (tertiary/aromatic N) is 3. The third-order valence-corrected chi connectivity index (χ3v) is 3.00. The first-order valence-electron chi connectivity index (χ1n) is 6.49. The van der Waals surface area contributed by atoms with Gasteiger partial charge in [-0.3, -0.25) is 9.59 Å². The number of carbonyl (C=O) groups excluding carboxylic acids is 2. The van der Waals surface area contributed by atoms with Crippen molar-refractivity contribution in [3.63, 3.8) is 0 Å². The molecule has 0 saturated carbocycles. The number of likely N-dealkylation sites (tertiary alicyclic amines) is 1. The van der Waals surface area contributed by atoms with Crippen molar-refractivity contribution in [2.24, 2.45) is 0 Å². The standard InChI is InChI=1S/C12H18N4O3/c1-3-4-10-14-15-11(19-10)12(18)16-6-5-9(7-16)13-8(2)17/h9H,3-7H2,1-2H3,(H,13,17)/t9-/m0/s1. The quantitative estimate of drug-likeness (QED) is 0.850. The van der Waals surface area contributed by atoms with Gasteiger partial charge in [-0.25, -0.2) is 0 Å². The zero-order valence-electron chi connectivity index (χ0n) is 11.2. The normalized spacial score (nSPS) is 18.6. The van der Waals surface area contributed by atoms with Gasteiger partial charge in [-0.15, -0.1) is 10.2 Å². The maximum absolute atomic E-state index is 12.1. The van der Waals surface area contributed by atoms with E-state index < -0.39 is 0 Å². The molecule has 2 heterocycles. The Kier molecular flexibility index (Phi) is 4.13. The van der Waals surface area contributed by atoms with Crippen LogP contribution in [0.15, 0.2) is 4.42 Å². The first-order valence-corrected chi connectivity index (χ1v) is 6.49. The molecule has 1 aliphatic heterocycles. The second-order valence-corrected chi connectivity index (χ2v) is 4.69. The van der Waals surface area contributed by atoms with Crippen LogP contribution in [-0.4, -0.2) is 46.0 Å². The molecule has 0 aromatic carbocycles. The Morgan fingerprint density at radius 1 is 1.47 bits per heavy atom. The number of rotatable bonds is 4. The summed E-state index contributed by atoms with van der Waals surface area (Å²) >= 11 is 0. The summed E-state index contributed by atoms with van der Waals surface area (Å²) in [5.41, 5.74) is 0. The molecule has 1 saturated heterocycles. The highest BCUT2D eigenvalue weighted by Gasteiger charge is 2.30. The van der Waals surface area contributed by atoms with Crippen LogP contribution in [0.4, 0.5) is 0 Å². The molecule has 19 heavy (non-hydrogen) atoms. The van der Waals surface area contributed by atoms with E-state index in [1.165, 1.54) is 6.92 Å². The van der Waals surface area contributed by atoms with Gasteiger partial charge in [-0.05, 0) is 12.8 Å². The van der Waals surface area contributed by atoms with Crippen molar-refractivity contribution in [3.05, 3.63) is 11.8 Å². The molecule has 104 valence electrons. The summed E-state index contributed by atoms with van der Waals surface area (Å²) in [6.45, 7) is 4.56. The molecule has 1 N–H and O–H groups in total. The molecule has 1 aromatic rings. The van der Waals surface area contributed by atoms with Crippen molar-refractivity contribution in [2.75, 3.05) is 13.1 Å². The van der Waals surface area contributed by atoms with Crippen LogP contribution in [0.2, 0.25) is 0 Å². The molecule has 7 nitrogen and oxygen atoms in total. The van der Waals surface area contributed by atoms with Crippen LogP contribution in [0.25, 0.3) is 0 Å². The molecule has 1 aromatic heterocycles. The summed E-state index contributed by atoms with van der Waals surface area (Å²) in [6, 6.07) is 0.0134. The van der Waals surface area contributed by atoms with Crippen molar-refractivity contribution < 1.29 is 14.0 Å². The van der Waals surface area contributed by atoms with Gasteiger partial charge in [0, 0.05) is 32.5 Å². The third kappa shape index (κ3) is 3.30. The number of carbonyl (C=O) groups is 2. The summed E-state index contributed by atoms with van der Waals surface area (Å²) < 4.78 is 5.31. The smallest absolute Gasteiger partial charge is 0.311 e. The first kappa shape index (κ1) is 13.5. The maximum atomic E-state index is 12.1. The van der Waals surface area contributed by atoms with Gasteiger partial charge in [-0.2, -0.15) is 0 Å². The van der Waals surface area contributed by atoms with Crippen molar-refractivity contribution in [1.29, 1.82) is 0 Å². The Hall–Kier alpha value is -1.92. The minimum absolute atomic E-state index is 0.0134. The van der Waals surface area contributed by atoms with E-state index in [2.05, 4.69) is 15.5 Å². The van der Waals surface area contributed by atoms with Crippen molar-refractivity contribution in [3.8, 4) is 0 Å². The van der Waals surface area contributed by atoms with Gasteiger partial charge in [0.15, 0.2) is 0 Å². The monoisotopic (exact) mass is 266 g/mol. The van der Waals surface area contributed by atoms with Gasteiger partial charge >= 0.3 is 11.8 Å². The van der Waals surface area contributed by atoms with Crippen LogP contribution in [0.3, 0.4) is 0 Å². The number of amides is 2. The van der Waals surface area contributed by atoms with E-state index in [1.54, 1.807) is 4.90 Å². The summed E-state index contributed by atoms with van der Waals surface area (Å²) in [4.78, 5) is 24.7. The van der Waals surface area contributed by atoms with Crippen LogP contribution in [0.1, 0.15) is 43.3 Å². The van der Waals surface area contributed by atoms with Gasteiger partial charge in [-0.1, -0.05) is 6.92 Å². The molecule has 0 aliphatic carbocycles. The summed E-state index contributed by atoms with van der Waals surface area (Å²) in [5, 5.41) is 10.4. The molecule has 7 heteroatoms. The van der Waals surface area contributed by atoms with E-state index in [4.69, 9.17) is 4.42 Å². The highest BCUT2D eigenvalue weighted by molar-refractivity contribution is 5.89. The molecule has 2 rings (SSSR count). The highest BCUT2D eigenvalue weighted by atomic mass is 16.4. The Morgan fingerprint density at radius 2 is 2.26 bits per heavy atom. The first-order chi connectivity index (χ1) is 9.10. The average molecular weight is 266 g/mol. The van der Waals surface area contributed by atoms with Gasteiger partial charge in [0.05, 0.1) is 0 Å². The second-order valence-electron chi connectivity index (χ2n) is 4.69. The Morgan fingerprint density at radius 3 is 2.95 bits per heavy atom. The predicted molar refractivity (Wildman–Crippen MR) is 66.4 cm³/mol. The molecule has 0 radical (unpaired) electrons. The molecular formula is C12H18N4O3. The van der Waals surface area contributed by atoms with Gasteiger partial charge in [0.25, 0.3) is 0 Å². The fourth-order valence-electron chi connectivity index (χ4n) is 2.14. The van der Waals surface area contributed by atoms with Crippen LogP contribution in [0.5, 0.6) is 0 Å². The minimum atomic E-state index is -0.261. The van der Waals surface area contributed by atoms with Gasteiger partial charge in [0.1, 0.15) is 0 Å². The number of aromatic nitrogens is 2. The van der Waals surface area contributed by atoms with Crippen LogP contribution >= 0.6 is 0 Å². The lowest BCUT2D eigenvalue weighted by Crippen LogP contribution is -2.37. The van der Waals surface area contributed by atoms with Crippen molar-refractivity contribution in [1.82, 2.24) is 20.4 Å². The maximum Gasteiger partial charge on any atom is 0.311 e. The number of hydrogen-bond acceptors (Lipinski definition) is 5. The number of hydrogen-bond donors (Lipinski definition) is 1. The molecule has 1 aliphatic rings. The van der Waals surface area contributed by atoms with Crippen LogP contribution < -0.4 is 5.32 Å². The molecule has 2 amide bonds. The fourth-order valence-corrected chi connectivity index (χ4v) is 2.14. The number of nitrogens with one attached hydrogen (secondary N) is 1. The topological polar surface area (TPSA) is 88.3 Å². The van der Waals surface area contributed by atoms with E-state index in [-0.39, 0.29) is 23.7 Å². The largest absolute Gasteiger partial charge is 0.417 e. The second kappa shape index (κ2) is 5.81. The average Bonchev–Trinajstić information content (AvgIpc) is 2.97. The zero-order valence-corrected chi connectivity index (χ0v) is 11.2. The SMILES string of the molecule is CCCc1nnc(C(=O)N2CC[C@H](NC(C)=O)C2)o1. The lowest BCUT2D eigenvalue weighted by molar-refractivity contribution is -0.119. The Balaban J connectivity index is 1.94. The van der Waals surface area contributed by atoms with E-state index in [0.29, 0.717) is 25.4 Å². The predicted octanol–water partition coefficient (Wildman–Crippen LogP) is 0.373. The lowest BCUT2D eigenvalue weighted by atomic mass is 10.3. The van der Waals surface area contributed by atoms with E-state index >= 15 is 0 Å². The van der Waals surface area contributed by atoms with Crippen LogP contribution in [0, 0.1) is 0 Å². The third-order valence-electron chi connectivity index (χ3n) is 3.00. The van der Waals surface area contributed by atoms with E-state index in [9.17, 15) is 9.59 Å². The van der Waals surface area contributed by atoms with E-state index in [0.717, 1.165) is 12.8 Å². The van der Waals surface area contributed by atoms with Crippen molar-refractivity contribution >= 4 is 11.8 Å². The molecule has 1 atom stereocenters. The molecular weight excluding hydrogens is 248 g/mol. The summed E-state index contributed by atoms with van der Waals surface area (Å²) in [5.74, 6) is 0.181. The Labute approximate surface area is 111 Å². The Bertz CT molecular complexity index is 471. The molecule has 0 bridgehead atoms. The van der Waals surface area contributed by atoms with Crippen LogP contribution in [-0.2, 0) is 11.2 Å². The fraction of sp³-hybridized carbons (Fsp3) is 0.667. The molecule has 0 unspecified atom stereocenters. The zero-order chi connectivity index (χ0) is 13.8. The van der Waals surface area contributed by atoms with Crippen molar-refractivity contribution in [2.45, 2.75) is 39.2 Å². The summed E-state index contributed by atoms with van der Waals surface area (Å²) in [7, 11) is 0. The van der Waals surface area contributed by atoms with Gasteiger partial charge in [0.2, 0.25) is 11.8 Å². The number of aryl methyl sites for hydroxylation is 1. The molecule has 1 fully saturated rings. The minimum Gasteiger partial charge on any atom is -0.417 e. The molecule has 0 spiro atoms. The highest BCUT2D eigenvalue weighted by Crippen LogP contribution is 2.13. The lowest BCUT2D eigenvalue weighted by Gasteiger charge is -2.14. The summed E-state index contributed by atoms with van der Waals surface area (Å²) in [6.07, 6.45) is 2.32. The van der Waals surface area contributed by atoms with Gasteiger partial charge < -0.3 is 14.6 Å².